The highest BCUT2D eigenvalue weighted by molar-refractivity contribution is 8.00. The van der Waals surface area contributed by atoms with Gasteiger partial charge in [0.25, 0.3) is 0 Å². The van der Waals surface area contributed by atoms with Crippen molar-refractivity contribution in [2.75, 3.05) is 25.2 Å². The summed E-state index contributed by atoms with van der Waals surface area (Å²) in [4.78, 5) is 39.9. The topological polar surface area (TPSA) is 84.9 Å². The first-order valence-corrected chi connectivity index (χ1v) is 11.5. The zero-order valence-electron chi connectivity index (χ0n) is 18.3. The van der Waals surface area contributed by atoms with Gasteiger partial charge in [-0.15, -0.1) is 11.8 Å². The van der Waals surface area contributed by atoms with E-state index in [4.69, 9.17) is 9.47 Å². The van der Waals surface area contributed by atoms with Gasteiger partial charge in [-0.05, 0) is 37.5 Å². The molecule has 7 nitrogen and oxygen atoms in total. The Hall–Kier alpha value is -2.84. The summed E-state index contributed by atoms with van der Waals surface area (Å²) >= 11 is 1.47. The Labute approximate surface area is 192 Å². The van der Waals surface area contributed by atoms with E-state index >= 15 is 0 Å². The fourth-order valence-electron chi connectivity index (χ4n) is 3.53. The molecular formula is C24H28N2O5S. The Kier molecular flexibility index (Phi) is 8.70. The van der Waals surface area contributed by atoms with Gasteiger partial charge in [0.15, 0.2) is 0 Å². The summed E-state index contributed by atoms with van der Waals surface area (Å²) in [5.74, 6) is -1.03. The van der Waals surface area contributed by atoms with Crippen molar-refractivity contribution < 1.29 is 23.9 Å². The van der Waals surface area contributed by atoms with Gasteiger partial charge in [0.05, 0.1) is 31.2 Å². The maximum atomic E-state index is 13.0. The minimum absolute atomic E-state index is 0.123. The van der Waals surface area contributed by atoms with Gasteiger partial charge in [0.2, 0.25) is 5.91 Å². The molecule has 1 aliphatic heterocycles. The molecule has 170 valence electrons. The summed E-state index contributed by atoms with van der Waals surface area (Å²) < 4.78 is 10.0. The number of carbonyl (C=O) groups excluding carboxylic acids is 3. The molecule has 1 unspecified atom stereocenters. The molecule has 0 aromatic heterocycles. The van der Waals surface area contributed by atoms with Gasteiger partial charge in [-0.1, -0.05) is 42.5 Å². The van der Waals surface area contributed by atoms with Gasteiger partial charge >= 0.3 is 11.9 Å². The normalized spacial score (nSPS) is 16.6. The summed E-state index contributed by atoms with van der Waals surface area (Å²) in [6.07, 6.45) is 1.37. The number of anilines is 1. The molecule has 1 amide bonds. The number of nitrogens with zero attached hydrogens (tertiary/aromatic N) is 1. The number of fused-ring (bicyclic) bond motifs is 1. The predicted octanol–water partition coefficient (Wildman–Crippen LogP) is 3.17. The van der Waals surface area contributed by atoms with Gasteiger partial charge in [0.1, 0.15) is 12.6 Å². The maximum Gasteiger partial charge on any atom is 0.325 e. The monoisotopic (exact) mass is 456 g/mol. The molecule has 0 fully saturated rings. The van der Waals surface area contributed by atoms with Crippen LogP contribution >= 0.6 is 11.8 Å². The lowest BCUT2D eigenvalue weighted by Gasteiger charge is -2.23. The van der Waals surface area contributed by atoms with Crippen LogP contribution in [-0.4, -0.2) is 49.5 Å². The molecule has 32 heavy (non-hydrogen) atoms. The number of esters is 2. The van der Waals surface area contributed by atoms with E-state index in [0.717, 1.165) is 10.5 Å². The lowest BCUT2D eigenvalue weighted by Crippen LogP contribution is -2.45. The number of thioether (sulfide) groups is 1. The molecule has 8 heteroatoms. The molecule has 2 aromatic carbocycles. The maximum absolute atomic E-state index is 13.0. The molecule has 0 bridgehead atoms. The molecule has 1 heterocycles. The Morgan fingerprint density at radius 1 is 1.16 bits per heavy atom. The highest BCUT2D eigenvalue weighted by Crippen LogP contribution is 2.37. The van der Waals surface area contributed by atoms with Crippen LogP contribution in [0.4, 0.5) is 5.69 Å². The van der Waals surface area contributed by atoms with Crippen LogP contribution in [0.2, 0.25) is 0 Å². The van der Waals surface area contributed by atoms with Crippen LogP contribution in [0.15, 0.2) is 59.5 Å². The van der Waals surface area contributed by atoms with Crippen LogP contribution in [-0.2, 0) is 30.3 Å². The van der Waals surface area contributed by atoms with E-state index in [9.17, 15) is 14.4 Å². The van der Waals surface area contributed by atoms with Crippen LogP contribution in [0.1, 0.15) is 25.3 Å². The fraction of sp³-hybridized carbons (Fsp3) is 0.375. The van der Waals surface area contributed by atoms with Crippen molar-refractivity contribution >= 4 is 35.3 Å². The number of nitrogens with one attached hydrogen (secondary N) is 1. The first-order valence-electron chi connectivity index (χ1n) is 10.6. The third-order valence-electron chi connectivity index (χ3n) is 5.12. The summed E-state index contributed by atoms with van der Waals surface area (Å²) in [6, 6.07) is 16.8. The summed E-state index contributed by atoms with van der Waals surface area (Å²) in [5, 5.41) is 2.98. The number of aryl methyl sites for hydroxylation is 1. The standard InChI is InChI=1S/C24H28N2O5S/c1-3-31-24(29)18(14-13-17-9-5-4-6-10-17)25-21-15-22(27)26(16-23(28)30-2)19-11-7-8-12-20(19)32-21/h4-12,18,21,25H,3,13-16H2,1-2H3/t18-,21?/m1/s1. The fourth-order valence-corrected chi connectivity index (χ4v) is 4.75. The van der Waals surface area contributed by atoms with E-state index in [0.29, 0.717) is 18.5 Å². The number of methoxy groups -OCH3 is 1. The van der Waals surface area contributed by atoms with Crippen molar-refractivity contribution in [2.45, 2.75) is 42.5 Å². The van der Waals surface area contributed by atoms with Gasteiger partial charge in [0, 0.05) is 4.90 Å². The third-order valence-corrected chi connectivity index (χ3v) is 6.31. The van der Waals surface area contributed by atoms with Gasteiger partial charge in [-0.2, -0.15) is 0 Å². The number of benzene rings is 2. The molecule has 1 N–H and O–H groups in total. The largest absolute Gasteiger partial charge is 0.468 e. The average Bonchev–Trinajstić information content (AvgIpc) is 2.93. The minimum atomic E-state index is -0.556. The number of rotatable bonds is 9. The predicted molar refractivity (Wildman–Crippen MR) is 123 cm³/mol. The lowest BCUT2D eigenvalue weighted by atomic mass is 10.1. The number of para-hydroxylation sites is 1. The van der Waals surface area contributed by atoms with Crippen molar-refractivity contribution in [1.82, 2.24) is 5.32 Å². The van der Waals surface area contributed by atoms with E-state index in [1.54, 1.807) is 6.92 Å². The highest BCUT2D eigenvalue weighted by atomic mass is 32.2. The summed E-state index contributed by atoms with van der Waals surface area (Å²) in [6.45, 7) is 1.90. The summed E-state index contributed by atoms with van der Waals surface area (Å²) in [7, 11) is 1.30. The Balaban J connectivity index is 1.78. The van der Waals surface area contributed by atoms with Crippen molar-refractivity contribution in [2.24, 2.45) is 0 Å². The van der Waals surface area contributed by atoms with E-state index in [1.807, 2.05) is 54.6 Å². The molecule has 1 aliphatic rings. The average molecular weight is 457 g/mol. The van der Waals surface area contributed by atoms with Gasteiger partial charge in [-0.25, -0.2) is 0 Å². The third kappa shape index (κ3) is 6.34. The van der Waals surface area contributed by atoms with E-state index in [1.165, 1.54) is 23.8 Å². The molecule has 2 atom stereocenters. The Morgan fingerprint density at radius 2 is 1.88 bits per heavy atom. The van der Waals surface area contributed by atoms with E-state index in [-0.39, 0.29) is 36.8 Å². The quantitative estimate of drug-likeness (QED) is 0.580. The van der Waals surface area contributed by atoms with Crippen molar-refractivity contribution in [3.8, 4) is 0 Å². The van der Waals surface area contributed by atoms with E-state index in [2.05, 4.69) is 5.32 Å². The second-order valence-electron chi connectivity index (χ2n) is 7.33. The van der Waals surface area contributed by atoms with E-state index < -0.39 is 12.0 Å². The lowest BCUT2D eigenvalue weighted by molar-refractivity contribution is -0.146. The molecule has 0 spiro atoms. The second-order valence-corrected chi connectivity index (χ2v) is 8.57. The van der Waals surface area contributed by atoms with Crippen LogP contribution < -0.4 is 10.2 Å². The number of hydrogen-bond donors (Lipinski definition) is 1. The molecule has 0 saturated heterocycles. The van der Waals surface area contributed by atoms with Gasteiger partial charge in [-0.3, -0.25) is 24.6 Å². The molecule has 0 saturated carbocycles. The zero-order chi connectivity index (χ0) is 22.9. The summed E-state index contributed by atoms with van der Waals surface area (Å²) in [5.41, 5.74) is 1.79. The SMILES string of the molecule is CCOC(=O)[C@@H](CCc1ccccc1)NC1CC(=O)N(CC(=O)OC)c2ccccc2S1. The molecule has 3 rings (SSSR count). The number of hydrogen-bond acceptors (Lipinski definition) is 7. The van der Waals surface area contributed by atoms with Crippen molar-refractivity contribution in [1.29, 1.82) is 0 Å². The van der Waals surface area contributed by atoms with Crippen LogP contribution in [0.25, 0.3) is 0 Å². The van der Waals surface area contributed by atoms with Crippen molar-refractivity contribution in [3.05, 3.63) is 60.2 Å². The van der Waals surface area contributed by atoms with Crippen LogP contribution in [0.3, 0.4) is 0 Å². The first kappa shape index (κ1) is 23.8. The highest BCUT2D eigenvalue weighted by Gasteiger charge is 2.32. The number of ether oxygens (including phenoxy) is 2. The zero-order valence-corrected chi connectivity index (χ0v) is 19.1. The molecular weight excluding hydrogens is 428 g/mol. The second kappa shape index (κ2) is 11.7. The molecule has 2 aromatic rings. The number of amides is 1. The molecule has 0 aliphatic carbocycles. The smallest absolute Gasteiger partial charge is 0.325 e. The minimum Gasteiger partial charge on any atom is -0.468 e. The Bertz CT molecular complexity index is 937. The van der Waals surface area contributed by atoms with Crippen LogP contribution in [0.5, 0.6) is 0 Å². The first-order chi connectivity index (χ1) is 15.5. The van der Waals surface area contributed by atoms with Gasteiger partial charge < -0.3 is 9.47 Å². The molecule has 0 radical (unpaired) electrons. The van der Waals surface area contributed by atoms with Crippen molar-refractivity contribution in [3.63, 3.8) is 0 Å². The Morgan fingerprint density at radius 3 is 2.59 bits per heavy atom. The number of carbonyl (C=O) groups is 3. The van der Waals surface area contributed by atoms with Crippen LogP contribution in [0, 0.1) is 0 Å².